The topological polar surface area (TPSA) is 91.7 Å². The van der Waals surface area contributed by atoms with Crippen molar-refractivity contribution >= 4 is 29.2 Å². The maximum Gasteiger partial charge on any atom is 0.343 e. The first-order valence-electron chi connectivity index (χ1n) is 7.37. The zero-order valence-corrected chi connectivity index (χ0v) is 15.2. The zero-order chi connectivity index (χ0) is 18.0. The van der Waals surface area contributed by atoms with Crippen LogP contribution < -0.4 is 0 Å². The molecule has 0 saturated heterocycles. The highest BCUT2D eigenvalue weighted by molar-refractivity contribution is 7.98. The quantitative estimate of drug-likeness (QED) is 0.371. The van der Waals surface area contributed by atoms with Crippen LogP contribution in [0.5, 0.6) is 0 Å². The number of aromatic nitrogens is 5. The summed E-state index contributed by atoms with van der Waals surface area (Å²) in [6.07, 6.45) is 1.25. The first kappa shape index (κ1) is 17.4. The SMILES string of the molecule is Cc1ncc([N+](=O)[O-])n1Cc1nnc(SCc2cccc(Cl)c2)n1C. The number of thioether (sulfide) groups is 1. The van der Waals surface area contributed by atoms with Gasteiger partial charge < -0.3 is 14.7 Å². The first-order valence-corrected chi connectivity index (χ1v) is 8.74. The molecular weight excluding hydrogens is 364 g/mol. The lowest BCUT2D eigenvalue weighted by Crippen LogP contribution is -2.10. The summed E-state index contributed by atoms with van der Waals surface area (Å²) in [6.45, 7) is 1.96. The number of aryl methyl sites for hydroxylation is 1. The summed E-state index contributed by atoms with van der Waals surface area (Å²) in [5, 5.41) is 20.8. The molecule has 0 fully saturated rings. The van der Waals surface area contributed by atoms with E-state index in [1.165, 1.54) is 22.5 Å². The number of nitro groups is 1. The van der Waals surface area contributed by atoms with Crippen molar-refractivity contribution in [3.05, 3.63) is 62.8 Å². The predicted molar refractivity (Wildman–Crippen MR) is 94.7 cm³/mol. The van der Waals surface area contributed by atoms with E-state index in [2.05, 4.69) is 15.2 Å². The molecule has 8 nitrogen and oxygen atoms in total. The molecule has 2 aromatic heterocycles. The van der Waals surface area contributed by atoms with Crippen LogP contribution in [-0.4, -0.2) is 29.2 Å². The van der Waals surface area contributed by atoms with Gasteiger partial charge in [0.15, 0.2) is 23.4 Å². The molecule has 0 spiro atoms. The second kappa shape index (κ2) is 7.24. The van der Waals surface area contributed by atoms with Gasteiger partial charge in [-0.3, -0.25) is 0 Å². The fourth-order valence-electron chi connectivity index (χ4n) is 2.32. The summed E-state index contributed by atoms with van der Waals surface area (Å²) < 4.78 is 3.34. The average molecular weight is 379 g/mol. The highest BCUT2D eigenvalue weighted by Gasteiger charge is 2.20. The van der Waals surface area contributed by atoms with Crippen LogP contribution in [0.25, 0.3) is 0 Å². The molecule has 3 aromatic rings. The van der Waals surface area contributed by atoms with Gasteiger partial charge in [-0.2, -0.15) is 0 Å². The summed E-state index contributed by atoms with van der Waals surface area (Å²) in [7, 11) is 1.84. The number of hydrogen-bond acceptors (Lipinski definition) is 6. The van der Waals surface area contributed by atoms with E-state index in [0.717, 1.165) is 10.7 Å². The van der Waals surface area contributed by atoms with Crippen molar-refractivity contribution in [2.75, 3.05) is 0 Å². The monoisotopic (exact) mass is 378 g/mol. The lowest BCUT2D eigenvalue weighted by Gasteiger charge is -2.05. The smallest absolute Gasteiger partial charge is 0.343 e. The molecular formula is C15H15ClN6O2S. The van der Waals surface area contributed by atoms with Crippen molar-refractivity contribution in [2.24, 2.45) is 7.05 Å². The van der Waals surface area contributed by atoms with Crippen molar-refractivity contribution in [3.63, 3.8) is 0 Å². The van der Waals surface area contributed by atoms with Gasteiger partial charge in [0.05, 0.1) is 0 Å². The third kappa shape index (κ3) is 3.83. The van der Waals surface area contributed by atoms with Crippen molar-refractivity contribution in [1.82, 2.24) is 24.3 Å². The number of benzene rings is 1. The zero-order valence-electron chi connectivity index (χ0n) is 13.6. The molecule has 0 atom stereocenters. The van der Waals surface area contributed by atoms with E-state index in [4.69, 9.17) is 11.6 Å². The average Bonchev–Trinajstić information content (AvgIpc) is 3.10. The van der Waals surface area contributed by atoms with E-state index in [0.29, 0.717) is 22.4 Å². The van der Waals surface area contributed by atoms with Gasteiger partial charge in [-0.05, 0) is 22.6 Å². The van der Waals surface area contributed by atoms with E-state index in [1.807, 2.05) is 35.9 Å². The molecule has 0 saturated carbocycles. The number of halogens is 1. The van der Waals surface area contributed by atoms with Gasteiger partial charge in [0.2, 0.25) is 0 Å². The highest BCUT2D eigenvalue weighted by atomic mass is 35.5. The Labute approximate surface area is 153 Å². The minimum atomic E-state index is -0.453. The van der Waals surface area contributed by atoms with Crippen molar-refractivity contribution < 1.29 is 4.92 Å². The Bertz CT molecular complexity index is 923. The maximum atomic E-state index is 11.1. The van der Waals surface area contributed by atoms with Gasteiger partial charge in [-0.25, -0.2) is 9.55 Å². The molecule has 0 amide bonds. The van der Waals surface area contributed by atoms with Crippen LogP contribution >= 0.6 is 23.4 Å². The number of hydrogen-bond donors (Lipinski definition) is 0. The van der Waals surface area contributed by atoms with Crippen LogP contribution in [0, 0.1) is 17.0 Å². The Morgan fingerprint density at radius 1 is 1.36 bits per heavy atom. The number of imidazole rings is 1. The molecule has 0 unspecified atom stereocenters. The van der Waals surface area contributed by atoms with Gasteiger partial charge in [-0.15, -0.1) is 10.2 Å². The van der Waals surface area contributed by atoms with Gasteiger partial charge in [-0.1, -0.05) is 35.5 Å². The molecule has 0 aliphatic rings. The second-order valence-electron chi connectivity index (χ2n) is 5.38. The van der Waals surface area contributed by atoms with E-state index in [-0.39, 0.29) is 12.4 Å². The van der Waals surface area contributed by atoms with Crippen molar-refractivity contribution in [3.8, 4) is 0 Å². The third-order valence-corrected chi connectivity index (χ3v) is 5.03. The van der Waals surface area contributed by atoms with Crippen molar-refractivity contribution in [1.29, 1.82) is 0 Å². The molecule has 0 aliphatic carbocycles. The summed E-state index contributed by atoms with van der Waals surface area (Å²) in [4.78, 5) is 14.6. The molecule has 0 aliphatic heterocycles. The fourth-order valence-corrected chi connectivity index (χ4v) is 3.41. The highest BCUT2D eigenvalue weighted by Crippen LogP contribution is 2.23. The van der Waals surface area contributed by atoms with Crippen LogP contribution in [-0.2, 0) is 19.3 Å². The Kier molecular flexibility index (Phi) is 5.05. The molecule has 10 heteroatoms. The number of rotatable bonds is 6. The van der Waals surface area contributed by atoms with Crippen LogP contribution in [0.15, 0.2) is 35.6 Å². The van der Waals surface area contributed by atoms with Gasteiger partial charge >= 0.3 is 5.82 Å². The molecule has 130 valence electrons. The van der Waals surface area contributed by atoms with Gasteiger partial charge in [0, 0.05) is 24.7 Å². The third-order valence-electron chi connectivity index (χ3n) is 3.70. The van der Waals surface area contributed by atoms with Crippen LogP contribution in [0.2, 0.25) is 5.02 Å². The van der Waals surface area contributed by atoms with Crippen LogP contribution in [0.1, 0.15) is 17.2 Å². The lowest BCUT2D eigenvalue weighted by atomic mass is 10.2. The maximum absolute atomic E-state index is 11.1. The van der Waals surface area contributed by atoms with E-state index in [9.17, 15) is 10.1 Å². The van der Waals surface area contributed by atoms with Gasteiger partial charge in [0.1, 0.15) is 6.20 Å². The number of nitrogens with zero attached hydrogens (tertiary/aromatic N) is 6. The fraction of sp³-hybridized carbons (Fsp3) is 0.267. The van der Waals surface area contributed by atoms with Crippen LogP contribution in [0.3, 0.4) is 0 Å². The summed E-state index contributed by atoms with van der Waals surface area (Å²) in [6, 6.07) is 7.64. The van der Waals surface area contributed by atoms with E-state index >= 15 is 0 Å². The Morgan fingerprint density at radius 3 is 2.88 bits per heavy atom. The Balaban J connectivity index is 1.75. The molecule has 0 N–H and O–H groups in total. The summed E-state index contributed by atoms with van der Waals surface area (Å²) >= 11 is 7.52. The largest absolute Gasteiger partial charge is 0.358 e. The molecule has 1 aromatic carbocycles. The van der Waals surface area contributed by atoms with Crippen LogP contribution in [0.4, 0.5) is 5.82 Å². The molecule has 25 heavy (non-hydrogen) atoms. The molecule has 0 radical (unpaired) electrons. The van der Waals surface area contributed by atoms with Gasteiger partial charge in [0.25, 0.3) is 0 Å². The summed E-state index contributed by atoms with van der Waals surface area (Å²) in [5.41, 5.74) is 1.09. The Morgan fingerprint density at radius 2 is 2.16 bits per heavy atom. The van der Waals surface area contributed by atoms with E-state index < -0.39 is 4.92 Å². The van der Waals surface area contributed by atoms with E-state index in [1.54, 1.807) is 6.92 Å². The molecule has 2 heterocycles. The Hall–Kier alpha value is -2.39. The molecule has 3 rings (SSSR count). The standard InChI is InChI=1S/C15H15ClN6O2S/c1-10-17-7-14(22(23)24)21(10)8-13-18-19-15(20(13)2)25-9-11-4-3-5-12(16)6-11/h3-7H,8-9H2,1-2H3. The van der Waals surface area contributed by atoms with Crippen molar-refractivity contribution in [2.45, 2.75) is 24.4 Å². The minimum Gasteiger partial charge on any atom is -0.358 e. The predicted octanol–water partition coefficient (Wildman–Crippen LogP) is 3.22. The second-order valence-corrected chi connectivity index (χ2v) is 6.76. The lowest BCUT2D eigenvalue weighted by molar-refractivity contribution is -0.392. The molecule has 0 bridgehead atoms. The normalized spacial score (nSPS) is 11.0. The first-order chi connectivity index (χ1) is 12.0. The minimum absolute atomic E-state index is 0.0615. The summed E-state index contributed by atoms with van der Waals surface area (Å²) in [5.74, 6) is 1.82.